The van der Waals surface area contributed by atoms with E-state index in [0.717, 1.165) is 0 Å². The summed E-state index contributed by atoms with van der Waals surface area (Å²) in [5, 5.41) is 19.0. The molecule has 0 unspecified atom stereocenters. The topological polar surface area (TPSA) is 96.3 Å². The summed E-state index contributed by atoms with van der Waals surface area (Å²) in [4.78, 5) is 11.8. The molecule has 0 fully saturated rings. The third-order valence-corrected chi connectivity index (χ3v) is 3.78. The van der Waals surface area contributed by atoms with Crippen molar-refractivity contribution in [1.82, 2.24) is 0 Å². The molecule has 0 aliphatic rings. The van der Waals surface area contributed by atoms with Gasteiger partial charge in [-0.3, -0.25) is 4.79 Å². The van der Waals surface area contributed by atoms with Crippen molar-refractivity contribution in [1.29, 1.82) is 5.26 Å². The summed E-state index contributed by atoms with van der Waals surface area (Å²) >= 11 is 3.27. The molecule has 0 bridgehead atoms. The third kappa shape index (κ3) is 2.72. The van der Waals surface area contributed by atoms with Crippen LogP contribution in [0.15, 0.2) is 16.6 Å². The summed E-state index contributed by atoms with van der Waals surface area (Å²) < 4.78 is 5.25. The number of carbonyl (C=O) groups excluding carboxylic acids is 1. The molecule has 5 nitrogen and oxygen atoms in total. The van der Waals surface area contributed by atoms with E-state index in [9.17, 15) is 9.90 Å². The molecule has 3 N–H and O–H groups in total. The Morgan fingerprint density at radius 1 is 1.58 bits per heavy atom. The summed E-state index contributed by atoms with van der Waals surface area (Å²) in [5.41, 5.74) is 5.46. The molecule has 0 aromatic heterocycles. The average molecular weight is 327 g/mol. The molecule has 0 aliphatic carbocycles. The molecule has 1 aromatic rings. The van der Waals surface area contributed by atoms with E-state index in [1.807, 2.05) is 6.07 Å². The summed E-state index contributed by atoms with van der Waals surface area (Å²) in [6, 6.07) is 4.14. The number of hydrogen-bond acceptors (Lipinski definition) is 5. The van der Waals surface area contributed by atoms with Gasteiger partial charge in [0.25, 0.3) is 0 Å². The van der Waals surface area contributed by atoms with Gasteiger partial charge in [-0.1, -0.05) is 15.9 Å². The van der Waals surface area contributed by atoms with Crippen molar-refractivity contribution in [3.05, 3.63) is 27.7 Å². The molecular formula is C13H15BrN2O3. The minimum atomic E-state index is -1.04. The molecule has 0 heterocycles. The minimum Gasteiger partial charge on any atom is -0.506 e. The number of nitriles is 1. The van der Waals surface area contributed by atoms with Gasteiger partial charge in [0, 0.05) is 10.0 Å². The van der Waals surface area contributed by atoms with Crippen molar-refractivity contribution in [2.24, 2.45) is 11.1 Å². The summed E-state index contributed by atoms with van der Waals surface area (Å²) in [7, 11) is 1.28. The number of halogens is 1. The molecule has 0 amide bonds. The Morgan fingerprint density at radius 2 is 2.16 bits per heavy atom. The fraction of sp³-hybridized carbons (Fsp3) is 0.385. The molecule has 1 atom stereocenters. The number of ether oxygens (including phenoxy) is 1. The smallest absolute Gasteiger partial charge is 0.313 e. The second-order valence-corrected chi connectivity index (χ2v) is 5.51. The van der Waals surface area contributed by atoms with Crippen molar-refractivity contribution < 1.29 is 14.6 Å². The quantitative estimate of drug-likeness (QED) is 0.830. The maximum absolute atomic E-state index is 11.8. The molecule has 6 heteroatoms. The Labute approximate surface area is 120 Å². The van der Waals surface area contributed by atoms with Gasteiger partial charge in [-0.25, -0.2) is 0 Å². The lowest BCUT2D eigenvalue weighted by molar-refractivity contribution is -0.152. The van der Waals surface area contributed by atoms with Crippen LogP contribution in [0.1, 0.15) is 31.0 Å². The summed E-state index contributed by atoms with van der Waals surface area (Å²) in [6.07, 6.45) is 0. The largest absolute Gasteiger partial charge is 0.506 e. The van der Waals surface area contributed by atoms with Gasteiger partial charge in [0.15, 0.2) is 0 Å². The predicted octanol–water partition coefficient (Wildman–Crippen LogP) is 2.23. The van der Waals surface area contributed by atoms with Crippen molar-refractivity contribution in [3.63, 3.8) is 0 Å². The second kappa shape index (κ2) is 5.59. The molecule has 1 aromatic carbocycles. The highest BCUT2D eigenvalue weighted by Gasteiger charge is 2.39. The number of phenols is 1. The molecule has 0 saturated heterocycles. The monoisotopic (exact) mass is 326 g/mol. The molecule has 19 heavy (non-hydrogen) atoms. The Kier molecular flexibility index (Phi) is 4.56. The van der Waals surface area contributed by atoms with Crippen molar-refractivity contribution in [2.45, 2.75) is 19.9 Å². The van der Waals surface area contributed by atoms with Crippen LogP contribution >= 0.6 is 15.9 Å². The zero-order valence-corrected chi connectivity index (χ0v) is 12.5. The van der Waals surface area contributed by atoms with Gasteiger partial charge < -0.3 is 15.6 Å². The van der Waals surface area contributed by atoms with Gasteiger partial charge in [-0.15, -0.1) is 0 Å². The number of methoxy groups -OCH3 is 1. The molecule has 0 aliphatic heterocycles. The zero-order chi connectivity index (χ0) is 14.8. The number of nitrogens with zero attached hydrogens (tertiary/aromatic N) is 1. The Hall–Kier alpha value is -1.58. The lowest BCUT2D eigenvalue weighted by Crippen LogP contribution is -2.37. The van der Waals surface area contributed by atoms with Crippen LogP contribution in [0.5, 0.6) is 5.75 Å². The van der Waals surface area contributed by atoms with Crippen LogP contribution < -0.4 is 5.73 Å². The molecule has 0 saturated carbocycles. The van der Waals surface area contributed by atoms with Gasteiger partial charge in [0.1, 0.15) is 11.8 Å². The lowest BCUT2D eigenvalue weighted by atomic mass is 9.80. The first-order valence-electron chi connectivity index (χ1n) is 5.52. The van der Waals surface area contributed by atoms with Crippen LogP contribution in [-0.2, 0) is 9.53 Å². The Balaban J connectivity index is 3.39. The van der Waals surface area contributed by atoms with E-state index in [1.165, 1.54) is 13.2 Å². The first-order valence-corrected chi connectivity index (χ1v) is 6.32. The number of benzene rings is 1. The predicted molar refractivity (Wildman–Crippen MR) is 73.2 cm³/mol. The zero-order valence-electron chi connectivity index (χ0n) is 10.9. The van der Waals surface area contributed by atoms with E-state index in [4.69, 9.17) is 15.7 Å². The molecular weight excluding hydrogens is 312 g/mol. The number of aromatic hydroxyl groups is 1. The molecule has 0 radical (unpaired) electrons. The van der Waals surface area contributed by atoms with Gasteiger partial charge in [-0.05, 0) is 26.0 Å². The van der Waals surface area contributed by atoms with Crippen molar-refractivity contribution in [2.75, 3.05) is 7.11 Å². The van der Waals surface area contributed by atoms with E-state index in [1.54, 1.807) is 19.9 Å². The van der Waals surface area contributed by atoms with Gasteiger partial charge >= 0.3 is 5.97 Å². The highest BCUT2D eigenvalue weighted by molar-refractivity contribution is 9.10. The third-order valence-electron chi connectivity index (χ3n) is 3.08. The SMILES string of the molecule is COC(=O)C(C)(C)[C@@H](N)c1c(Br)ccc(C#N)c1O. The maximum Gasteiger partial charge on any atom is 0.313 e. The van der Waals surface area contributed by atoms with Crippen molar-refractivity contribution >= 4 is 21.9 Å². The van der Waals surface area contributed by atoms with Gasteiger partial charge in [0.2, 0.25) is 0 Å². The number of carbonyl (C=O) groups is 1. The first kappa shape index (κ1) is 15.5. The van der Waals surface area contributed by atoms with Gasteiger partial charge in [0.05, 0.1) is 24.1 Å². The van der Waals surface area contributed by atoms with E-state index in [0.29, 0.717) is 10.0 Å². The second-order valence-electron chi connectivity index (χ2n) is 4.66. The Morgan fingerprint density at radius 3 is 2.63 bits per heavy atom. The fourth-order valence-electron chi connectivity index (χ4n) is 1.72. The standard InChI is InChI=1S/C13H15BrN2O3/c1-13(2,12(18)19-3)11(16)9-8(14)5-4-7(6-15)10(9)17/h4-5,11,17H,16H2,1-3H3/t11-/m0/s1. The van der Waals surface area contributed by atoms with Crippen LogP contribution in [0.25, 0.3) is 0 Å². The van der Waals surface area contributed by atoms with Crippen LogP contribution in [0, 0.1) is 16.7 Å². The first-order chi connectivity index (χ1) is 8.77. The van der Waals surface area contributed by atoms with Crippen molar-refractivity contribution in [3.8, 4) is 11.8 Å². The van der Waals surface area contributed by atoms with Gasteiger partial charge in [-0.2, -0.15) is 5.26 Å². The maximum atomic E-state index is 11.8. The number of nitrogens with two attached hydrogens (primary N) is 1. The number of hydrogen-bond donors (Lipinski definition) is 2. The van der Waals surface area contributed by atoms with E-state index < -0.39 is 17.4 Å². The average Bonchev–Trinajstić information content (AvgIpc) is 2.37. The van der Waals surface area contributed by atoms with E-state index >= 15 is 0 Å². The highest BCUT2D eigenvalue weighted by Crippen LogP contribution is 2.41. The van der Waals surface area contributed by atoms with Crippen LogP contribution in [0.4, 0.5) is 0 Å². The van der Waals surface area contributed by atoms with Crippen LogP contribution in [0.3, 0.4) is 0 Å². The van der Waals surface area contributed by atoms with Crippen LogP contribution in [0.2, 0.25) is 0 Å². The van der Waals surface area contributed by atoms with Crippen LogP contribution in [-0.4, -0.2) is 18.2 Å². The number of rotatable bonds is 3. The molecule has 1 rings (SSSR count). The number of phenolic OH excluding ortho intramolecular Hbond substituents is 1. The van der Waals surface area contributed by atoms with E-state index in [-0.39, 0.29) is 11.3 Å². The summed E-state index contributed by atoms with van der Waals surface area (Å²) in [6.45, 7) is 3.24. The fourth-order valence-corrected chi connectivity index (χ4v) is 2.29. The number of esters is 1. The lowest BCUT2D eigenvalue weighted by Gasteiger charge is -2.30. The normalized spacial score (nSPS) is 12.6. The summed E-state index contributed by atoms with van der Waals surface area (Å²) in [5.74, 6) is -0.713. The minimum absolute atomic E-state index is 0.106. The molecule has 0 spiro atoms. The highest BCUT2D eigenvalue weighted by atomic mass is 79.9. The Bertz CT molecular complexity index is 550. The van der Waals surface area contributed by atoms with E-state index in [2.05, 4.69) is 15.9 Å². The molecule has 102 valence electrons.